The van der Waals surface area contributed by atoms with Gasteiger partial charge in [-0.1, -0.05) is 6.07 Å². The summed E-state index contributed by atoms with van der Waals surface area (Å²) in [5.41, 5.74) is 8.77. The summed E-state index contributed by atoms with van der Waals surface area (Å²) in [5.74, 6) is 1.15. The lowest BCUT2D eigenvalue weighted by Gasteiger charge is -2.35. The van der Waals surface area contributed by atoms with E-state index in [1.165, 1.54) is 6.92 Å². The second kappa shape index (κ2) is 9.90. The number of nitrogens with zero attached hydrogens (tertiary/aromatic N) is 5. The van der Waals surface area contributed by atoms with Crippen LogP contribution < -0.4 is 26.2 Å². The molecule has 0 spiro atoms. The molecule has 2 aromatic rings. The van der Waals surface area contributed by atoms with Gasteiger partial charge in [-0.25, -0.2) is 9.78 Å². The molecular weight excluding hydrogens is 424 g/mol. The van der Waals surface area contributed by atoms with Crippen molar-refractivity contribution < 1.29 is 14.3 Å². The topological polar surface area (TPSA) is 129 Å². The maximum Gasteiger partial charge on any atom is 0.314 e. The van der Waals surface area contributed by atoms with Gasteiger partial charge in [0.2, 0.25) is 11.9 Å². The van der Waals surface area contributed by atoms with Crippen LogP contribution in [0.4, 0.5) is 33.6 Å². The van der Waals surface area contributed by atoms with Gasteiger partial charge in [0.05, 0.1) is 30.3 Å². The number of urea groups is 1. The van der Waals surface area contributed by atoms with Gasteiger partial charge in [-0.3, -0.25) is 4.79 Å². The van der Waals surface area contributed by atoms with Gasteiger partial charge in [0, 0.05) is 58.0 Å². The zero-order chi connectivity index (χ0) is 23.4. The minimum atomic E-state index is -0.397. The molecule has 1 aromatic carbocycles. The minimum absolute atomic E-state index is 0.134. The molecule has 0 bridgehead atoms. The van der Waals surface area contributed by atoms with Crippen molar-refractivity contribution in [3.8, 4) is 0 Å². The first-order chi connectivity index (χ1) is 15.9. The Morgan fingerprint density at radius 1 is 1.03 bits per heavy atom. The molecule has 2 aliphatic rings. The third-order valence-electron chi connectivity index (χ3n) is 5.76. The summed E-state index contributed by atoms with van der Waals surface area (Å²) in [5, 5.41) is 6.28. The Morgan fingerprint density at radius 2 is 1.73 bits per heavy atom. The van der Waals surface area contributed by atoms with E-state index < -0.39 is 6.03 Å². The number of carbonyl (C=O) groups is 2. The number of anilines is 5. The van der Waals surface area contributed by atoms with E-state index in [2.05, 4.69) is 25.4 Å². The lowest BCUT2D eigenvalue weighted by molar-refractivity contribution is -0.114. The molecule has 0 saturated carbocycles. The molecule has 4 rings (SSSR count). The minimum Gasteiger partial charge on any atom is -0.378 e. The molecule has 4 N–H and O–H groups in total. The third kappa shape index (κ3) is 5.25. The Balaban J connectivity index is 1.60. The van der Waals surface area contributed by atoms with Crippen LogP contribution in [-0.2, 0) is 9.53 Å². The van der Waals surface area contributed by atoms with Gasteiger partial charge in [0.25, 0.3) is 0 Å². The van der Waals surface area contributed by atoms with Crippen molar-refractivity contribution in [1.82, 2.24) is 14.9 Å². The number of carbonyl (C=O) groups excluding carboxylic acids is 2. The fourth-order valence-corrected chi connectivity index (χ4v) is 4.14. The molecule has 3 heterocycles. The monoisotopic (exact) mass is 454 g/mol. The zero-order valence-electron chi connectivity index (χ0n) is 19.0. The number of para-hydroxylation sites is 1. The van der Waals surface area contributed by atoms with E-state index in [9.17, 15) is 9.59 Å². The number of nitrogens with one attached hydrogen (secondary N) is 2. The predicted octanol–water partition coefficient (Wildman–Crippen LogP) is 1.52. The van der Waals surface area contributed by atoms with Crippen LogP contribution in [0.5, 0.6) is 0 Å². The number of hydrogen-bond acceptors (Lipinski definition) is 8. The smallest absolute Gasteiger partial charge is 0.314 e. The van der Waals surface area contributed by atoms with Gasteiger partial charge in [-0.05, 0) is 19.1 Å². The Kier molecular flexibility index (Phi) is 6.78. The van der Waals surface area contributed by atoms with Crippen LogP contribution in [0.3, 0.4) is 0 Å². The highest BCUT2D eigenvalue weighted by Crippen LogP contribution is 2.36. The first-order valence-corrected chi connectivity index (χ1v) is 11.1. The van der Waals surface area contributed by atoms with Crippen molar-refractivity contribution >= 4 is 40.8 Å². The number of aryl methyl sites for hydroxylation is 1. The lowest BCUT2D eigenvalue weighted by Crippen LogP contribution is -2.50. The van der Waals surface area contributed by atoms with Gasteiger partial charge >= 0.3 is 6.03 Å². The second-order valence-corrected chi connectivity index (χ2v) is 8.12. The highest BCUT2D eigenvalue weighted by Gasteiger charge is 2.23. The van der Waals surface area contributed by atoms with Crippen molar-refractivity contribution in [1.29, 1.82) is 0 Å². The molecule has 0 unspecified atom stereocenters. The molecule has 2 aliphatic heterocycles. The summed E-state index contributed by atoms with van der Waals surface area (Å²) in [6.45, 7) is 8.56. The molecule has 0 atom stereocenters. The number of rotatable bonds is 5. The molecule has 176 valence electrons. The van der Waals surface area contributed by atoms with E-state index >= 15 is 0 Å². The van der Waals surface area contributed by atoms with E-state index in [1.807, 2.05) is 25.1 Å². The first-order valence-electron chi connectivity index (χ1n) is 11.1. The molecule has 1 aromatic heterocycles. The predicted molar refractivity (Wildman–Crippen MR) is 127 cm³/mol. The number of primary amides is 1. The van der Waals surface area contributed by atoms with Crippen LogP contribution in [0.2, 0.25) is 0 Å². The van der Waals surface area contributed by atoms with Crippen molar-refractivity contribution in [2.75, 3.05) is 72.9 Å². The van der Waals surface area contributed by atoms with Crippen LogP contribution >= 0.6 is 0 Å². The van der Waals surface area contributed by atoms with Crippen LogP contribution in [-0.4, -0.2) is 79.3 Å². The quantitative estimate of drug-likeness (QED) is 0.620. The van der Waals surface area contributed by atoms with Crippen LogP contribution in [0, 0.1) is 6.92 Å². The molecule has 0 aliphatic carbocycles. The maximum absolute atomic E-state index is 11.8. The molecule has 3 amide bonds. The molecule has 11 nitrogen and oxygen atoms in total. The molecule has 2 saturated heterocycles. The Bertz CT molecular complexity index is 1020. The average molecular weight is 455 g/mol. The van der Waals surface area contributed by atoms with Gasteiger partial charge in [-0.2, -0.15) is 4.98 Å². The lowest BCUT2D eigenvalue weighted by atomic mass is 10.2. The molecule has 0 radical (unpaired) electrons. The van der Waals surface area contributed by atoms with Gasteiger partial charge in [0.1, 0.15) is 5.82 Å². The summed E-state index contributed by atoms with van der Waals surface area (Å²) in [6, 6.07) is 5.32. The number of benzene rings is 1. The normalized spacial score (nSPS) is 16.5. The first kappa shape index (κ1) is 22.6. The maximum atomic E-state index is 11.8. The number of ether oxygens (including phenoxy) is 1. The average Bonchev–Trinajstić information content (AvgIpc) is 2.81. The highest BCUT2D eigenvalue weighted by atomic mass is 16.5. The summed E-state index contributed by atoms with van der Waals surface area (Å²) in [6.07, 6.45) is 1.79. The summed E-state index contributed by atoms with van der Waals surface area (Å²) in [7, 11) is 0. The van der Waals surface area contributed by atoms with E-state index in [0.29, 0.717) is 45.3 Å². The molecule has 2 fully saturated rings. The van der Waals surface area contributed by atoms with E-state index in [1.54, 1.807) is 11.1 Å². The van der Waals surface area contributed by atoms with Crippen LogP contribution in [0.15, 0.2) is 24.4 Å². The fraction of sp³-hybridized carbons (Fsp3) is 0.455. The summed E-state index contributed by atoms with van der Waals surface area (Å²) >= 11 is 0. The number of nitrogens with two attached hydrogens (primary N) is 1. The van der Waals surface area contributed by atoms with E-state index in [4.69, 9.17) is 15.5 Å². The standard InChI is InChI=1S/C22H30N8O3/c1-15-14-24-22(27-20(15)29-6-8-30(9-7-29)21(23)32)26-18-5-3-4-17(25-16(2)31)19(18)28-10-12-33-13-11-28/h3-5,14H,6-13H2,1-2H3,(H2,23,32)(H,25,31)(H,24,26,27). The van der Waals surface area contributed by atoms with Crippen molar-refractivity contribution in [2.24, 2.45) is 5.73 Å². The highest BCUT2D eigenvalue weighted by molar-refractivity contribution is 5.96. The van der Waals surface area contributed by atoms with Crippen molar-refractivity contribution in [3.63, 3.8) is 0 Å². The largest absolute Gasteiger partial charge is 0.378 e. The molecule has 33 heavy (non-hydrogen) atoms. The van der Waals surface area contributed by atoms with Gasteiger partial charge < -0.3 is 35.8 Å². The Morgan fingerprint density at radius 3 is 2.39 bits per heavy atom. The van der Waals surface area contributed by atoms with E-state index in [-0.39, 0.29) is 5.91 Å². The second-order valence-electron chi connectivity index (χ2n) is 8.12. The SMILES string of the molecule is CC(=O)Nc1cccc(Nc2ncc(C)c(N3CCN(C(N)=O)CC3)n2)c1N1CCOCC1. The van der Waals surface area contributed by atoms with Gasteiger partial charge in [0.15, 0.2) is 0 Å². The van der Waals surface area contributed by atoms with Crippen molar-refractivity contribution in [3.05, 3.63) is 30.0 Å². The zero-order valence-corrected chi connectivity index (χ0v) is 19.0. The summed E-state index contributed by atoms with van der Waals surface area (Å²) in [4.78, 5) is 38.5. The number of morpholine rings is 1. The number of piperazine rings is 1. The van der Waals surface area contributed by atoms with Crippen LogP contribution in [0.25, 0.3) is 0 Å². The number of amides is 3. The van der Waals surface area contributed by atoms with E-state index in [0.717, 1.165) is 41.5 Å². The third-order valence-corrected chi connectivity index (χ3v) is 5.76. The van der Waals surface area contributed by atoms with Crippen LogP contribution in [0.1, 0.15) is 12.5 Å². The summed E-state index contributed by atoms with van der Waals surface area (Å²) < 4.78 is 5.51. The van der Waals surface area contributed by atoms with Gasteiger partial charge in [-0.15, -0.1) is 0 Å². The molecular formula is C22H30N8O3. The Labute approximate surface area is 192 Å². The molecule has 11 heteroatoms. The van der Waals surface area contributed by atoms with Crippen molar-refractivity contribution in [2.45, 2.75) is 13.8 Å². The number of aromatic nitrogens is 2. The number of hydrogen-bond donors (Lipinski definition) is 3. The fourth-order valence-electron chi connectivity index (χ4n) is 4.14. The Hall–Kier alpha value is -3.60.